The quantitative estimate of drug-likeness (QED) is 0.0948. The molecule has 2 nitrogen and oxygen atoms in total. The van der Waals surface area contributed by atoms with Crippen molar-refractivity contribution in [3.8, 4) is 0 Å². The first-order valence-electron chi connectivity index (χ1n) is 13.8. The van der Waals surface area contributed by atoms with Gasteiger partial charge in [0.1, 0.15) is 0 Å². The third-order valence-corrected chi connectivity index (χ3v) is 6.49. The molecule has 3 aromatic rings. The Kier molecular flexibility index (Phi) is 14.5. The van der Waals surface area contributed by atoms with Gasteiger partial charge in [-0.2, -0.15) is 0 Å². The van der Waals surface area contributed by atoms with Crippen molar-refractivity contribution in [2.24, 2.45) is 0 Å². The summed E-state index contributed by atoms with van der Waals surface area (Å²) in [6, 6.07) is 11.5. The Morgan fingerprint density at radius 3 is 1.84 bits per heavy atom. The fourth-order valence-corrected chi connectivity index (χ4v) is 4.34. The Morgan fingerprint density at radius 2 is 1.24 bits per heavy atom. The Morgan fingerprint density at radius 1 is 0.703 bits per heavy atom. The highest BCUT2D eigenvalue weighted by Gasteiger charge is 2.13. The van der Waals surface area contributed by atoms with Crippen molar-refractivity contribution in [1.82, 2.24) is 0 Å². The largest absolute Gasteiger partial charge is 0.481 e. The molecule has 3 aromatic carbocycles. The molecule has 0 aromatic heterocycles. The normalized spacial score (nSPS) is 11.2. The van der Waals surface area contributed by atoms with Gasteiger partial charge in [-0.25, -0.2) is 13.2 Å². The fourth-order valence-electron chi connectivity index (χ4n) is 4.34. The molecule has 0 saturated carbocycles. The number of carboxylic acid groups (broad SMARTS) is 1. The molecule has 3 rings (SSSR count). The maximum atomic E-state index is 13.6. The lowest BCUT2D eigenvalue weighted by Gasteiger charge is -2.04. The first-order chi connectivity index (χ1) is 17.9. The second-order valence-corrected chi connectivity index (χ2v) is 9.63. The van der Waals surface area contributed by atoms with Crippen LogP contribution in [-0.2, 0) is 4.79 Å². The summed E-state index contributed by atoms with van der Waals surface area (Å²) in [5.74, 6) is -4.38. The van der Waals surface area contributed by atoms with Crippen molar-refractivity contribution in [1.29, 1.82) is 0 Å². The van der Waals surface area contributed by atoms with E-state index in [1.165, 1.54) is 76.7 Å². The maximum absolute atomic E-state index is 13.6. The molecular formula is C32H41F3O2. The maximum Gasteiger partial charge on any atom is 0.303 e. The topological polar surface area (TPSA) is 37.3 Å². The van der Waals surface area contributed by atoms with Gasteiger partial charge in [0, 0.05) is 11.8 Å². The highest BCUT2D eigenvalue weighted by Crippen LogP contribution is 2.27. The van der Waals surface area contributed by atoms with E-state index in [-0.39, 0.29) is 5.39 Å². The van der Waals surface area contributed by atoms with E-state index in [1.54, 1.807) is 12.1 Å². The number of fused-ring (bicyclic) bond motifs is 2. The van der Waals surface area contributed by atoms with Crippen LogP contribution < -0.4 is 0 Å². The average Bonchev–Trinajstić information content (AvgIpc) is 2.89. The van der Waals surface area contributed by atoms with Gasteiger partial charge in [0.2, 0.25) is 0 Å². The van der Waals surface area contributed by atoms with E-state index in [4.69, 9.17) is 5.11 Å². The SMILES string of the molecule is CCCCCCCC/C=C\CCCCCCCC(=O)O.Fc1cc2cc3ccccc3cc2c(F)c1F. The average molecular weight is 515 g/mol. The van der Waals surface area contributed by atoms with E-state index in [9.17, 15) is 18.0 Å². The number of benzene rings is 3. The van der Waals surface area contributed by atoms with E-state index >= 15 is 0 Å². The molecule has 0 unspecified atom stereocenters. The molecule has 0 aliphatic carbocycles. The first kappa shape index (κ1) is 30.4. The second-order valence-electron chi connectivity index (χ2n) is 9.63. The van der Waals surface area contributed by atoms with Gasteiger partial charge in [0.15, 0.2) is 17.5 Å². The van der Waals surface area contributed by atoms with Crippen LogP contribution in [0.25, 0.3) is 21.5 Å². The van der Waals surface area contributed by atoms with Gasteiger partial charge in [-0.05, 0) is 66.5 Å². The summed E-state index contributed by atoms with van der Waals surface area (Å²) in [5.41, 5.74) is 0. The van der Waals surface area contributed by atoms with Crippen molar-refractivity contribution in [2.75, 3.05) is 0 Å². The van der Waals surface area contributed by atoms with Crippen LogP contribution in [0.1, 0.15) is 96.8 Å². The minimum absolute atomic E-state index is 0.0996. The molecule has 5 heteroatoms. The van der Waals surface area contributed by atoms with Crippen LogP contribution in [0.3, 0.4) is 0 Å². The number of unbranched alkanes of at least 4 members (excludes halogenated alkanes) is 11. The number of allylic oxidation sites excluding steroid dienone is 2. The van der Waals surface area contributed by atoms with Gasteiger partial charge in [0.25, 0.3) is 0 Å². The molecule has 0 amide bonds. The number of halogens is 3. The Hall–Kier alpha value is -2.82. The van der Waals surface area contributed by atoms with E-state index < -0.39 is 23.4 Å². The smallest absolute Gasteiger partial charge is 0.303 e. The van der Waals surface area contributed by atoms with Crippen LogP contribution in [0.4, 0.5) is 13.2 Å². The summed E-state index contributed by atoms with van der Waals surface area (Å²) < 4.78 is 39.8. The highest BCUT2D eigenvalue weighted by atomic mass is 19.2. The molecule has 0 fully saturated rings. The standard InChI is InChI=1S/C18H34O2.C14H7F3/c1-2-3-4-5-6-7-8-9-10-11-12-13-14-15-16-17-18(19)20;15-12-7-10-5-8-3-1-2-4-9(8)6-11(10)13(16)14(12)17/h9-10H,2-8,11-17H2,1H3,(H,19,20);1-7H/b10-9-;. The lowest BCUT2D eigenvalue weighted by Crippen LogP contribution is -1.93. The molecule has 1 N–H and O–H groups in total. The summed E-state index contributed by atoms with van der Waals surface area (Å²) in [6.07, 6.45) is 21.2. The summed E-state index contributed by atoms with van der Waals surface area (Å²) in [7, 11) is 0. The van der Waals surface area contributed by atoms with Crippen LogP contribution in [0.5, 0.6) is 0 Å². The molecule has 0 spiro atoms. The van der Waals surface area contributed by atoms with Crippen LogP contribution in [0.2, 0.25) is 0 Å². The van der Waals surface area contributed by atoms with E-state index in [0.717, 1.165) is 29.7 Å². The molecule has 0 radical (unpaired) electrons. The molecule has 0 bridgehead atoms. The van der Waals surface area contributed by atoms with Crippen molar-refractivity contribution < 1.29 is 23.1 Å². The molecule has 0 saturated heterocycles. The molecule has 0 aliphatic rings. The van der Waals surface area contributed by atoms with Crippen molar-refractivity contribution in [3.05, 3.63) is 72.1 Å². The molecule has 202 valence electrons. The predicted octanol–water partition coefficient (Wildman–Crippen LogP) is 10.5. The predicted molar refractivity (Wildman–Crippen MR) is 148 cm³/mol. The lowest BCUT2D eigenvalue weighted by molar-refractivity contribution is -0.137. The van der Waals surface area contributed by atoms with Crippen LogP contribution >= 0.6 is 0 Å². The number of aliphatic carboxylic acids is 1. The van der Waals surface area contributed by atoms with Crippen LogP contribution in [-0.4, -0.2) is 11.1 Å². The minimum Gasteiger partial charge on any atom is -0.481 e. The Labute approximate surface area is 219 Å². The van der Waals surface area contributed by atoms with Gasteiger partial charge in [-0.3, -0.25) is 4.79 Å². The number of carboxylic acids is 1. The highest BCUT2D eigenvalue weighted by molar-refractivity contribution is 5.98. The van der Waals surface area contributed by atoms with Gasteiger partial charge in [0.05, 0.1) is 0 Å². The third-order valence-electron chi connectivity index (χ3n) is 6.49. The zero-order valence-corrected chi connectivity index (χ0v) is 22.1. The summed E-state index contributed by atoms with van der Waals surface area (Å²) in [5, 5.41) is 10.6. The van der Waals surface area contributed by atoms with Crippen molar-refractivity contribution in [2.45, 2.75) is 96.8 Å². The number of carbonyl (C=O) groups is 1. The van der Waals surface area contributed by atoms with Crippen molar-refractivity contribution >= 4 is 27.5 Å². The Bertz CT molecular complexity index is 1120. The van der Waals surface area contributed by atoms with Gasteiger partial charge in [-0.1, -0.05) is 94.7 Å². The molecular weight excluding hydrogens is 473 g/mol. The first-order valence-corrected chi connectivity index (χ1v) is 13.8. The fraction of sp³-hybridized carbons (Fsp3) is 0.469. The molecule has 0 aliphatic heterocycles. The number of hydrogen-bond donors (Lipinski definition) is 1. The number of hydrogen-bond acceptors (Lipinski definition) is 1. The summed E-state index contributed by atoms with van der Waals surface area (Å²) in [4.78, 5) is 10.3. The number of rotatable bonds is 15. The van der Waals surface area contributed by atoms with Gasteiger partial charge in [-0.15, -0.1) is 0 Å². The van der Waals surface area contributed by atoms with Gasteiger partial charge < -0.3 is 5.11 Å². The molecule has 0 atom stereocenters. The summed E-state index contributed by atoms with van der Waals surface area (Å²) >= 11 is 0. The zero-order chi connectivity index (χ0) is 26.9. The second kappa shape index (κ2) is 17.6. The summed E-state index contributed by atoms with van der Waals surface area (Å²) in [6.45, 7) is 2.26. The third kappa shape index (κ3) is 11.4. The van der Waals surface area contributed by atoms with Gasteiger partial charge >= 0.3 is 5.97 Å². The minimum atomic E-state index is -1.42. The molecule has 0 heterocycles. The van der Waals surface area contributed by atoms with E-state index in [0.29, 0.717) is 11.8 Å². The lowest BCUT2D eigenvalue weighted by atomic mass is 10.0. The van der Waals surface area contributed by atoms with Crippen molar-refractivity contribution in [3.63, 3.8) is 0 Å². The Balaban J connectivity index is 0.000000262. The monoisotopic (exact) mass is 514 g/mol. The van der Waals surface area contributed by atoms with Crippen LogP contribution in [0.15, 0.2) is 54.6 Å². The van der Waals surface area contributed by atoms with Crippen LogP contribution in [0, 0.1) is 17.5 Å². The van der Waals surface area contributed by atoms with E-state index in [2.05, 4.69) is 19.1 Å². The van der Waals surface area contributed by atoms with E-state index in [1.807, 2.05) is 18.2 Å². The zero-order valence-electron chi connectivity index (χ0n) is 22.1. The molecule has 37 heavy (non-hydrogen) atoms.